The van der Waals surface area contributed by atoms with Crippen LogP contribution in [0.25, 0.3) is 0 Å². The maximum atomic E-state index is 11.5. The van der Waals surface area contributed by atoms with Crippen LogP contribution in [0.4, 0.5) is 0 Å². The van der Waals surface area contributed by atoms with Crippen molar-refractivity contribution in [2.75, 3.05) is 0 Å². The first-order valence-electron chi connectivity index (χ1n) is 4.97. The summed E-state index contributed by atoms with van der Waals surface area (Å²) in [5.41, 5.74) is 0.398. The number of carbonyl (C=O) groups excluding carboxylic acids is 2. The van der Waals surface area contributed by atoms with Crippen LogP contribution in [0.1, 0.15) is 19.3 Å². The Morgan fingerprint density at radius 3 is 2.93 bits per heavy atom. The lowest BCUT2D eigenvalue weighted by molar-refractivity contribution is -0.145. The van der Waals surface area contributed by atoms with Gasteiger partial charge in [-0.05, 0) is 25.0 Å². The fourth-order valence-corrected chi connectivity index (χ4v) is 1.77. The molecule has 2 atom stereocenters. The molecule has 1 N–H and O–H groups in total. The molecule has 0 aromatic heterocycles. The van der Waals surface area contributed by atoms with Gasteiger partial charge in [0.15, 0.2) is 24.0 Å². The van der Waals surface area contributed by atoms with Gasteiger partial charge in [-0.1, -0.05) is 6.08 Å². The van der Waals surface area contributed by atoms with Crippen molar-refractivity contribution in [3.05, 3.63) is 23.8 Å². The average Bonchev–Trinajstić information content (AvgIpc) is 2.23. The van der Waals surface area contributed by atoms with Crippen LogP contribution in [0, 0.1) is 0 Å². The summed E-state index contributed by atoms with van der Waals surface area (Å²) in [6.45, 7) is 0. The SMILES string of the molecule is O=C1CCCC=C1[C@H]1O[C@H](O)C=CC1=O. The van der Waals surface area contributed by atoms with Gasteiger partial charge in [0.2, 0.25) is 0 Å². The van der Waals surface area contributed by atoms with Crippen LogP contribution in [-0.4, -0.2) is 29.1 Å². The first-order chi connectivity index (χ1) is 7.18. The molecule has 0 aromatic carbocycles. The van der Waals surface area contributed by atoms with E-state index in [-0.39, 0.29) is 11.6 Å². The van der Waals surface area contributed by atoms with Gasteiger partial charge in [-0.25, -0.2) is 0 Å². The quantitative estimate of drug-likeness (QED) is 0.681. The van der Waals surface area contributed by atoms with Crippen LogP contribution in [-0.2, 0) is 14.3 Å². The van der Waals surface area contributed by atoms with Crippen molar-refractivity contribution >= 4 is 11.6 Å². The summed E-state index contributed by atoms with van der Waals surface area (Å²) in [5, 5.41) is 9.21. The predicted octanol–water partition coefficient (Wildman–Crippen LogP) is 0.508. The third-order valence-corrected chi connectivity index (χ3v) is 2.54. The normalized spacial score (nSPS) is 31.7. The molecule has 0 amide bonds. The topological polar surface area (TPSA) is 63.6 Å². The summed E-state index contributed by atoms with van der Waals surface area (Å²) >= 11 is 0. The molecule has 80 valence electrons. The minimum atomic E-state index is -1.09. The van der Waals surface area contributed by atoms with Crippen LogP contribution >= 0.6 is 0 Å². The number of Topliss-reactive ketones (excluding diaryl/α,β-unsaturated/α-hetero) is 1. The lowest BCUT2D eigenvalue weighted by atomic mass is 9.91. The number of aliphatic hydroxyl groups excluding tert-OH is 1. The monoisotopic (exact) mass is 208 g/mol. The molecule has 0 radical (unpaired) electrons. The Morgan fingerprint density at radius 1 is 1.40 bits per heavy atom. The Labute approximate surface area is 87.2 Å². The van der Waals surface area contributed by atoms with Crippen LogP contribution in [0.15, 0.2) is 23.8 Å². The molecule has 0 fully saturated rings. The van der Waals surface area contributed by atoms with Gasteiger partial charge in [0.05, 0.1) is 0 Å². The van der Waals surface area contributed by atoms with E-state index in [1.165, 1.54) is 12.2 Å². The van der Waals surface area contributed by atoms with E-state index in [4.69, 9.17) is 4.74 Å². The number of hydrogen-bond acceptors (Lipinski definition) is 4. The number of rotatable bonds is 1. The molecule has 1 aliphatic carbocycles. The Balaban J connectivity index is 2.23. The van der Waals surface area contributed by atoms with Gasteiger partial charge < -0.3 is 9.84 Å². The van der Waals surface area contributed by atoms with Crippen LogP contribution in [0.2, 0.25) is 0 Å². The van der Waals surface area contributed by atoms with Gasteiger partial charge in [0.1, 0.15) is 0 Å². The van der Waals surface area contributed by atoms with E-state index < -0.39 is 12.4 Å². The summed E-state index contributed by atoms with van der Waals surface area (Å²) in [7, 11) is 0. The van der Waals surface area contributed by atoms with E-state index in [1.807, 2.05) is 0 Å². The fraction of sp³-hybridized carbons (Fsp3) is 0.455. The van der Waals surface area contributed by atoms with Crippen molar-refractivity contribution in [2.24, 2.45) is 0 Å². The third kappa shape index (κ3) is 2.06. The molecular formula is C11H12O4. The van der Waals surface area contributed by atoms with E-state index >= 15 is 0 Å². The predicted molar refractivity (Wildman–Crippen MR) is 52.0 cm³/mol. The first-order valence-corrected chi connectivity index (χ1v) is 4.97. The largest absolute Gasteiger partial charge is 0.365 e. The van der Waals surface area contributed by atoms with Gasteiger partial charge in [0, 0.05) is 12.0 Å². The molecule has 0 saturated heterocycles. The van der Waals surface area contributed by atoms with Crippen molar-refractivity contribution in [2.45, 2.75) is 31.7 Å². The highest BCUT2D eigenvalue weighted by atomic mass is 16.6. The number of hydrogen-bond donors (Lipinski definition) is 1. The second kappa shape index (κ2) is 4.08. The highest BCUT2D eigenvalue weighted by molar-refractivity contribution is 6.07. The van der Waals surface area contributed by atoms with Gasteiger partial charge in [-0.2, -0.15) is 0 Å². The zero-order valence-corrected chi connectivity index (χ0v) is 8.18. The zero-order valence-electron chi connectivity index (χ0n) is 8.18. The van der Waals surface area contributed by atoms with E-state index in [2.05, 4.69) is 0 Å². The molecule has 1 heterocycles. The standard InChI is InChI=1S/C11H12O4/c12-8-4-2-1-3-7(8)11-9(13)5-6-10(14)15-11/h3,5-6,10-11,14H,1-2,4H2/t10-,11+/m0/s1. The summed E-state index contributed by atoms with van der Waals surface area (Å²) < 4.78 is 5.04. The van der Waals surface area contributed by atoms with E-state index in [9.17, 15) is 14.7 Å². The van der Waals surface area contributed by atoms with Crippen molar-refractivity contribution in [1.82, 2.24) is 0 Å². The molecule has 4 heteroatoms. The highest BCUT2D eigenvalue weighted by Crippen LogP contribution is 2.22. The lowest BCUT2D eigenvalue weighted by Crippen LogP contribution is -2.36. The Hall–Kier alpha value is -1.26. The maximum absolute atomic E-state index is 11.5. The van der Waals surface area contributed by atoms with Gasteiger partial charge in [-0.3, -0.25) is 9.59 Å². The van der Waals surface area contributed by atoms with E-state index in [0.717, 1.165) is 12.8 Å². The molecule has 0 bridgehead atoms. The number of ketones is 2. The summed E-state index contributed by atoms with van der Waals surface area (Å²) in [5.74, 6) is -0.330. The lowest BCUT2D eigenvalue weighted by Gasteiger charge is -2.24. The molecule has 1 aliphatic heterocycles. The number of allylic oxidation sites excluding steroid dienone is 1. The van der Waals surface area contributed by atoms with Crippen LogP contribution in [0.5, 0.6) is 0 Å². The smallest absolute Gasteiger partial charge is 0.189 e. The Morgan fingerprint density at radius 2 is 2.20 bits per heavy atom. The van der Waals surface area contributed by atoms with Gasteiger partial charge in [-0.15, -0.1) is 0 Å². The van der Waals surface area contributed by atoms with E-state index in [1.54, 1.807) is 6.08 Å². The first kappa shape index (κ1) is 10.3. The maximum Gasteiger partial charge on any atom is 0.189 e. The molecule has 0 saturated carbocycles. The minimum Gasteiger partial charge on any atom is -0.365 e. The van der Waals surface area contributed by atoms with Crippen molar-refractivity contribution in [3.8, 4) is 0 Å². The molecular weight excluding hydrogens is 196 g/mol. The molecule has 0 aromatic rings. The molecule has 15 heavy (non-hydrogen) atoms. The molecule has 2 aliphatic rings. The second-order valence-corrected chi connectivity index (χ2v) is 3.64. The third-order valence-electron chi connectivity index (χ3n) is 2.54. The zero-order chi connectivity index (χ0) is 10.8. The van der Waals surface area contributed by atoms with E-state index in [0.29, 0.717) is 12.0 Å². The van der Waals surface area contributed by atoms with Gasteiger partial charge >= 0.3 is 0 Å². The van der Waals surface area contributed by atoms with Crippen molar-refractivity contribution in [3.63, 3.8) is 0 Å². The number of aliphatic hydroxyl groups is 1. The average molecular weight is 208 g/mol. The molecule has 0 unspecified atom stereocenters. The van der Waals surface area contributed by atoms with Crippen molar-refractivity contribution in [1.29, 1.82) is 0 Å². The second-order valence-electron chi connectivity index (χ2n) is 3.64. The van der Waals surface area contributed by atoms with Crippen LogP contribution < -0.4 is 0 Å². The summed E-state index contributed by atoms with van der Waals surface area (Å²) in [4.78, 5) is 23.0. The molecule has 0 spiro atoms. The van der Waals surface area contributed by atoms with Gasteiger partial charge in [0.25, 0.3) is 0 Å². The highest BCUT2D eigenvalue weighted by Gasteiger charge is 2.31. The fourth-order valence-electron chi connectivity index (χ4n) is 1.77. The summed E-state index contributed by atoms with van der Waals surface area (Å²) in [6.07, 6.45) is 4.34. The Kier molecular flexibility index (Phi) is 2.79. The number of carbonyl (C=O) groups is 2. The number of ether oxygens (including phenoxy) is 1. The molecule has 4 nitrogen and oxygen atoms in total. The summed E-state index contributed by atoms with van der Waals surface area (Å²) in [6, 6.07) is 0. The minimum absolute atomic E-state index is 0.0536. The van der Waals surface area contributed by atoms with Crippen molar-refractivity contribution < 1.29 is 19.4 Å². The van der Waals surface area contributed by atoms with Crippen LogP contribution in [0.3, 0.4) is 0 Å². The Bertz CT molecular complexity index is 354. The molecule has 2 rings (SSSR count).